The average Bonchev–Trinajstić information content (AvgIpc) is 3.40. The molecule has 3 N–H and O–H groups in total. The van der Waals surface area contributed by atoms with Crippen molar-refractivity contribution < 1.29 is 33.8 Å². The average molecular weight is 587 g/mol. The molecule has 3 amide bonds. The van der Waals surface area contributed by atoms with Gasteiger partial charge in [0.2, 0.25) is 11.8 Å². The number of ether oxygens (including phenoxy) is 1. The smallest absolute Gasteiger partial charge is 0.349 e. The molecule has 12 heteroatoms. The standard InChI is InChI=1S/C29H35ClN4O7/c1-5-41-28(40)19(30)15-18(16-23(35)36)31-26(38)22-11-8-14-34(22)27(39)24(29(2,3)4)33-25(37)21-13-12-17-9-6-7-10-20(17)32-21/h6-7,9-10,12-13,15,18,22,24H,5,8,11,14,16H2,1-4H3,(H,31,38)(H,33,37)(H,35,36)/b19-15-/t18-,22-,24-/m1/s1. The summed E-state index contributed by atoms with van der Waals surface area (Å²) in [6, 6.07) is 7.72. The van der Waals surface area contributed by atoms with Gasteiger partial charge in [0, 0.05) is 11.9 Å². The van der Waals surface area contributed by atoms with Gasteiger partial charge in [0.15, 0.2) is 0 Å². The molecule has 2 heterocycles. The Kier molecular flexibility index (Phi) is 10.4. The van der Waals surface area contributed by atoms with Gasteiger partial charge in [-0.15, -0.1) is 0 Å². The van der Waals surface area contributed by atoms with Gasteiger partial charge < -0.3 is 25.4 Å². The predicted molar refractivity (Wildman–Crippen MR) is 152 cm³/mol. The highest BCUT2D eigenvalue weighted by molar-refractivity contribution is 6.41. The molecule has 0 saturated carbocycles. The highest BCUT2D eigenvalue weighted by atomic mass is 35.5. The summed E-state index contributed by atoms with van der Waals surface area (Å²) in [4.78, 5) is 69.4. The van der Waals surface area contributed by atoms with E-state index in [4.69, 9.17) is 16.3 Å². The first-order chi connectivity index (χ1) is 19.3. The molecule has 1 aromatic carbocycles. The quantitative estimate of drug-likeness (QED) is 0.283. The maximum Gasteiger partial charge on any atom is 0.349 e. The number of carbonyl (C=O) groups is 5. The van der Waals surface area contributed by atoms with E-state index in [2.05, 4.69) is 15.6 Å². The van der Waals surface area contributed by atoms with Gasteiger partial charge in [0.25, 0.3) is 5.91 Å². The number of pyridine rings is 1. The van der Waals surface area contributed by atoms with E-state index >= 15 is 0 Å². The Hall–Kier alpha value is -3.99. The van der Waals surface area contributed by atoms with Gasteiger partial charge in [-0.2, -0.15) is 0 Å². The van der Waals surface area contributed by atoms with Crippen LogP contribution in [0.25, 0.3) is 10.9 Å². The number of hydrogen-bond donors (Lipinski definition) is 3. The van der Waals surface area contributed by atoms with E-state index in [1.807, 2.05) is 18.2 Å². The zero-order valence-electron chi connectivity index (χ0n) is 23.5. The molecule has 41 heavy (non-hydrogen) atoms. The molecule has 1 aromatic heterocycles. The summed E-state index contributed by atoms with van der Waals surface area (Å²) in [7, 11) is 0. The van der Waals surface area contributed by atoms with E-state index in [0.717, 1.165) is 11.5 Å². The third-order valence-electron chi connectivity index (χ3n) is 6.60. The van der Waals surface area contributed by atoms with Crippen molar-refractivity contribution >= 4 is 52.2 Å². The van der Waals surface area contributed by atoms with Gasteiger partial charge in [-0.1, -0.05) is 56.6 Å². The number of carbonyl (C=O) groups excluding carboxylic acids is 4. The highest BCUT2D eigenvalue weighted by Gasteiger charge is 2.42. The second kappa shape index (κ2) is 13.6. The number of carboxylic acid groups (broad SMARTS) is 1. The van der Waals surface area contributed by atoms with Gasteiger partial charge in [-0.05, 0) is 43.4 Å². The van der Waals surface area contributed by atoms with Crippen molar-refractivity contribution in [3.05, 3.63) is 53.2 Å². The number of nitrogens with zero attached hydrogens (tertiary/aromatic N) is 2. The Morgan fingerprint density at radius 2 is 1.85 bits per heavy atom. The van der Waals surface area contributed by atoms with Crippen LogP contribution in [0.15, 0.2) is 47.5 Å². The number of esters is 1. The van der Waals surface area contributed by atoms with Crippen LogP contribution in [0.2, 0.25) is 0 Å². The largest absolute Gasteiger partial charge is 0.481 e. The number of halogens is 1. The van der Waals surface area contributed by atoms with Crippen LogP contribution in [0.1, 0.15) is 57.4 Å². The topological polar surface area (TPSA) is 155 Å². The molecule has 11 nitrogen and oxygen atoms in total. The van der Waals surface area contributed by atoms with Crippen LogP contribution < -0.4 is 10.6 Å². The molecule has 1 saturated heterocycles. The van der Waals surface area contributed by atoms with Crippen LogP contribution in [0.4, 0.5) is 0 Å². The fraction of sp³-hybridized carbons (Fsp3) is 0.448. The van der Waals surface area contributed by atoms with Crippen LogP contribution >= 0.6 is 11.6 Å². The molecule has 1 fully saturated rings. The van der Waals surface area contributed by atoms with Crippen LogP contribution in [0.3, 0.4) is 0 Å². The monoisotopic (exact) mass is 586 g/mol. The fourth-order valence-corrected chi connectivity index (χ4v) is 4.79. The molecule has 0 bridgehead atoms. The van der Waals surface area contributed by atoms with E-state index < -0.39 is 59.6 Å². The molecule has 0 aliphatic carbocycles. The van der Waals surface area contributed by atoms with Gasteiger partial charge in [0.05, 0.1) is 24.6 Å². The molecule has 220 valence electrons. The molecule has 2 aromatic rings. The second-order valence-corrected chi connectivity index (χ2v) is 11.2. The van der Waals surface area contributed by atoms with Crippen LogP contribution in [-0.4, -0.2) is 75.9 Å². The van der Waals surface area contributed by atoms with Crippen molar-refractivity contribution in [3.8, 4) is 0 Å². The van der Waals surface area contributed by atoms with Gasteiger partial charge >= 0.3 is 11.9 Å². The Balaban J connectivity index is 1.79. The maximum absolute atomic E-state index is 13.8. The lowest BCUT2D eigenvalue weighted by molar-refractivity contribution is -0.142. The number of fused-ring (bicyclic) bond motifs is 1. The number of aromatic nitrogens is 1. The van der Waals surface area contributed by atoms with Crippen molar-refractivity contribution in [2.45, 2.75) is 65.1 Å². The first-order valence-corrected chi connectivity index (χ1v) is 13.7. The van der Waals surface area contributed by atoms with Crippen molar-refractivity contribution in [1.29, 1.82) is 0 Å². The summed E-state index contributed by atoms with van der Waals surface area (Å²) >= 11 is 5.97. The zero-order chi connectivity index (χ0) is 30.3. The molecule has 1 aliphatic heterocycles. The lowest BCUT2D eigenvalue weighted by Crippen LogP contribution is -2.58. The number of likely N-dealkylation sites (tertiary alicyclic amines) is 1. The fourth-order valence-electron chi connectivity index (χ4n) is 4.58. The minimum absolute atomic E-state index is 0.0698. The number of hydrogen-bond acceptors (Lipinski definition) is 7. The Morgan fingerprint density at radius 1 is 1.15 bits per heavy atom. The number of nitrogens with one attached hydrogen (secondary N) is 2. The van der Waals surface area contributed by atoms with Crippen LogP contribution in [-0.2, 0) is 23.9 Å². The minimum Gasteiger partial charge on any atom is -0.481 e. The third kappa shape index (κ3) is 8.26. The number of amides is 3. The first kappa shape index (κ1) is 31.5. The van der Waals surface area contributed by atoms with E-state index in [1.54, 1.807) is 45.9 Å². The molecular formula is C29H35ClN4O7. The molecular weight excluding hydrogens is 552 g/mol. The summed E-state index contributed by atoms with van der Waals surface area (Å²) in [6.45, 7) is 7.35. The number of rotatable bonds is 10. The van der Waals surface area contributed by atoms with Gasteiger partial charge in [-0.3, -0.25) is 19.2 Å². The summed E-state index contributed by atoms with van der Waals surface area (Å²) < 4.78 is 4.81. The molecule has 0 spiro atoms. The summed E-state index contributed by atoms with van der Waals surface area (Å²) in [5, 5.41) is 15.2. The number of aliphatic carboxylic acids is 1. The predicted octanol–water partition coefficient (Wildman–Crippen LogP) is 3.02. The number of carboxylic acids is 1. The van der Waals surface area contributed by atoms with Crippen molar-refractivity contribution in [3.63, 3.8) is 0 Å². The summed E-state index contributed by atoms with van der Waals surface area (Å²) in [5.74, 6) is -3.64. The SMILES string of the molecule is CCOC(=O)/C(Cl)=C/[C@H](CC(=O)O)NC(=O)[C@H]1CCCN1C(=O)[C@@H](NC(=O)c1ccc2ccccc2n1)C(C)(C)C. The summed E-state index contributed by atoms with van der Waals surface area (Å²) in [6.07, 6.45) is 1.44. The lowest BCUT2D eigenvalue weighted by Gasteiger charge is -2.35. The maximum atomic E-state index is 13.8. The second-order valence-electron chi connectivity index (χ2n) is 10.8. The van der Waals surface area contributed by atoms with Crippen LogP contribution in [0.5, 0.6) is 0 Å². The normalized spacial score (nSPS) is 17.0. The molecule has 0 unspecified atom stereocenters. The number of benzene rings is 1. The van der Waals surface area contributed by atoms with E-state index in [0.29, 0.717) is 18.4 Å². The molecule has 0 radical (unpaired) electrons. The molecule has 1 aliphatic rings. The lowest BCUT2D eigenvalue weighted by atomic mass is 9.85. The zero-order valence-corrected chi connectivity index (χ0v) is 24.2. The summed E-state index contributed by atoms with van der Waals surface area (Å²) in [5.41, 5.74) is 0.0842. The Bertz CT molecular complexity index is 1350. The van der Waals surface area contributed by atoms with Gasteiger partial charge in [-0.25, -0.2) is 9.78 Å². The third-order valence-corrected chi connectivity index (χ3v) is 6.88. The number of para-hydroxylation sites is 1. The molecule has 3 rings (SSSR count). The van der Waals surface area contributed by atoms with E-state index in [1.165, 1.54) is 4.90 Å². The van der Waals surface area contributed by atoms with Crippen LogP contribution in [0, 0.1) is 5.41 Å². The van der Waals surface area contributed by atoms with Crippen molar-refractivity contribution in [2.24, 2.45) is 5.41 Å². The van der Waals surface area contributed by atoms with Crippen molar-refractivity contribution in [2.75, 3.05) is 13.2 Å². The highest BCUT2D eigenvalue weighted by Crippen LogP contribution is 2.26. The van der Waals surface area contributed by atoms with E-state index in [9.17, 15) is 29.1 Å². The Labute approximate surface area is 243 Å². The molecule has 3 atom stereocenters. The Morgan fingerprint density at radius 3 is 2.51 bits per heavy atom. The minimum atomic E-state index is -1.22. The van der Waals surface area contributed by atoms with Gasteiger partial charge in [0.1, 0.15) is 22.8 Å². The van der Waals surface area contributed by atoms with E-state index in [-0.39, 0.29) is 23.9 Å². The van der Waals surface area contributed by atoms with Crippen molar-refractivity contribution in [1.82, 2.24) is 20.5 Å². The first-order valence-electron chi connectivity index (χ1n) is 13.4.